The minimum Gasteiger partial charge on any atom is -0.365 e. The van der Waals surface area contributed by atoms with Crippen LogP contribution < -0.4 is 10.6 Å². The lowest BCUT2D eigenvalue weighted by Gasteiger charge is -2.10. The predicted molar refractivity (Wildman–Crippen MR) is 54.2 cm³/mol. The largest absolute Gasteiger partial charge is 0.365 e. The molecule has 5 heteroatoms. The van der Waals surface area contributed by atoms with Crippen LogP contribution in [0.5, 0.6) is 0 Å². The summed E-state index contributed by atoms with van der Waals surface area (Å²) in [6.07, 6.45) is 6.29. The zero-order valence-corrected chi connectivity index (χ0v) is 8.05. The van der Waals surface area contributed by atoms with Gasteiger partial charge < -0.3 is 10.6 Å². The number of anilines is 1. The van der Waals surface area contributed by atoms with Crippen molar-refractivity contribution in [2.75, 3.05) is 18.4 Å². The molecule has 0 amide bonds. The first kappa shape index (κ1) is 10.2. The molecule has 0 spiro atoms. The molecule has 0 radical (unpaired) electrons. The van der Waals surface area contributed by atoms with E-state index in [1.54, 1.807) is 18.6 Å². The van der Waals surface area contributed by atoms with E-state index in [0.717, 1.165) is 25.3 Å². The monoisotopic (exact) mass is 200 g/mol. The Labute approximate surface area is 83.6 Å². The molecule has 2 N–H and O–H groups in total. The van der Waals surface area contributed by atoms with Crippen molar-refractivity contribution in [3.63, 3.8) is 0 Å². The van der Waals surface area contributed by atoms with E-state index in [9.17, 15) is 0 Å². The van der Waals surface area contributed by atoms with E-state index in [0.29, 0.717) is 6.04 Å². The van der Waals surface area contributed by atoms with Gasteiger partial charge in [0.05, 0.1) is 6.20 Å². The maximum Gasteiger partial charge on any atom is 0.144 e. The SMILES string of the molecule is Cl.c1cnc(NC2CCNC2)cn1. The Morgan fingerprint density at radius 3 is 3.00 bits per heavy atom. The molecule has 1 unspecified atom stereocenters. The highest BCUT2D eigenvalue weighted by Gasteiger charge is 2.13. The van der Waals surface area contributed by atoms with Crippen molar-refractivity contribution in [1.82, 2.24) is 15.3 Å². The molecule has 1 aliphatic rings. The number of hydrogen-bond donors (Lipinski definition) is 2. The fourth-order valence-electron chi connectivity index (χ4n) is 1.36. The highest BCUT2D eigenvalue weighted by atomic mass is 35.5. The summed E-state index contributed by atoms with van der Waals surface area (Å²) in [5.41, 5.74) is 0. The Morgan fingerprint density at radius 2 is 2.38 bits per heavy atom. The molecule has 0 aliphatic carbocycles. The maximum absolute atomic E-state index is 4.14. The van der Waals surface area contributed by atoms with Gasteiger partial charge in [0.15, 0.2) is 0 Å². The van der Waals surface area contributed by atoms with Crippen LogP contribution >= 0.6 is 12.4 Å². The summed E-state index contributed by atoms with van der Waals surface area (Å²) in [4.78, 5) is 8.12. The Bertz CT molecular complexity index is 235. The molecule has 72 valence electrons. The summed E-state index contributed by atoms with van der Waals surface area (Å²) in [7, 11) is 0. The van der Waals surface area contributed by atoms with Gasteiger partial charge in [-0.05, 0) is 13.0 Å². The normalized spacial score (nSPS) is 20.8. The standard InChI is InChI=1S/C8H12N4.ClH/c1-2-9-5-7(1)12-8-6-10-3-4-11-8;/h3-4,6-7,9H,1-2,5H2,(H,11,12);1H. The third-order valence-electron chi connectivity index (χ3n) is 1.98. The number of hydrogen-bond acceptors (Lipinski definition) is 4. The molecule has 2 rings (SSSR count). The van der Waals surface area contributed by atoms with E-state index < -0.39 is 0 Å². The number of rotatable bonds is 2. The minimum absolute atomic E-state index is 0. The summed E-state index contributed by atoms with van der Waals surface area (Å²) < 4.78 is 0. The first-order valence-corrected chi connectivity index (χ1v) is 4.18. The molecule has 1 saturated heterocycles. The van der Waals surface area contributed by atoms with Gasteiger partial charge in [-0.25, -0.2) is 4.98 Å². The molecule has 4 nitrogen and oxygen atoms in total. The molecule has 0 aromatic carbocycles. The van der Waals surface area contributed by atoms with Crippen LogP contribution in [0.1, 0.15) is 6.42 Å². The third-order valence-corrected chi connectivity index (χ3v) is 1.98. The predicted octanol–water partition coefficient (Wildman–Crippen LogP) is 0.672. The van der Waals surface area contributed by atoms with Crippen molar-refractivity contribution >= 4 is 18.2 Å². The molecule has 1 atom stereocenters. The fourth-order valence-corrected chi connectivity index (χ4v) is 1.36. The van der Waals surface area contributed by atoms with Gasteiger partial charge in [-0.15, -0.1) is 12.4 Å². The molecule has 0 bridgehead atoms. The summed E-state index contributed by atoms with van der Waals surface area (Å²) in [5, 5.41) is 6.59. The van der Waals surface area contributed by atoms with E-state index in [1.165, 1.54) is 0 Å². The molecule has 0 saturated carbocycles. The van der Waals surface area contributed by atoms with Crippen molar-refractivity contribution in [3.8, 4) is 0 Å². The van der Waals surface area contributed by atoms with E-state index in [2.05, 4.69) is 20.6 Å². The molecular formula is C8H13ClN4. The molecule has 1 fully saturated rings. The van der Waals surface area contributed by atoms with Gasteiger partial charge in [0.25, 0.3) is 0 Å². The van der Waals surface area contributed by atoms with Crippen LogP contribution in [-0.2, 0) is 0 Å². The number of nitrogens with zero attached hydrogens (tertiary/aromatic N) is 2. The first-order valence-electron chi connectivity index (χ1n) is 4.18. The van der Waals surface area contributed by atoms with Gasteiger partial charge in [-0.2, -0.15) is 0 Å². The van der Waals surface area contributed by atoms with Gasteiger partial charge in [-0.3, -0.25) is 4.98 Å². The fraction of sp³-hybridized carbons (Fsp3) is 0.500. The highest BCUT2D eigenvalue weighted by Crippen LogP contribution is 2.05. The van der Waals surface area contributed by atoms with Gasteiger partial charge >= 0.3 is 0 Å². The van der Waals surface area contributed by atoms with Crippen molar-refractivity contribution in [2.24, 2.45) is 0 Å². The third kappa shape index (κ3) is 2.82. The summed E-state index contributed by atoms with van der Waals surface area (Å²) in [5.74, 6) is 0.867. The van der Waals surface area contributed by atoms with Crippen molar-refractivity contribution in [1.29, 1.82) is 0 Å². The molecule has 1 aromatic rings. The van der Waals surface area contributed by atoms with Gasteiger partial charge in [0, 0.05) is 25.0 Å². The molecular weight excluding hydrogens is 188 g/mol. The van der Waals surface area contributed by atoms with Crippen molar-refractivity contribution < 1.29 is 0 Å². The topological polar surface area (TPSA) is 49.8 Å². The Morgan fingerprint density at radius 1 is 1.46 bits per heavy atom. The quantitative estimate of drug-likeness (QED) is 0.737. The van der Waals surface area contributed by atoms with Crippen LogP contribution in [0, 0.1) is 0 Å². The van der Waals surface area contributed by atoms with E-state index in [-0.39, 0.29) is 12.4 Å². The summed E-state index contributed by atoms with van der Waals surface area (Å²) in [6, 6.07) is 0.515. The van der Waals surface area contributed by atoms with E-state index in [1.807, 2.05) is 0 Å². The smallest absolute Gasteiger partial charge is 0.144 e. The lowest BCUT2D eigenvalue weighted by molar-refractivity contribution is 0.786. The van der Waals surface area contributed by atoms with Gasteiger partial charge in [0.2, 0.25) is 0 Å². The lowest BCUT2D eigenvalue weighted by atomic mass is 10.3. The minimum atomic E-state index is 0. The van der Waals surface area contributed by atoms with Gasteiger partial charge in [-0.1, -0.05) is 0 Å². The molecule has 2 heterocycles. The van der Waals surface area contributed by atoms with Crippen LogP contribution in [0.3, 0.4) is 0 Å². The molecule has 13 heavy (non-hydrogen) atoms. The molecule has 1 aliphatic heterocycles. The maximum atomic E-state index is 4.14. The number of aromatic nitrogens is 2. The average molecular weight is 201 g/mol. The van der Waals surface area contributed by atoms with Crippen LogP contribution in [0.15, 0.2) is 18.6 Å². The van der Waals surface area contributed by atoms with Crippen molar-refractivity contribution in [3.05, 3.63) is 18.6 Å². The van der Waals surface area contributed by atoms with E-state index in [4.69, 9.17) is 0 Å². The second kappa shape index (κ2) is 4.99. The van der Waals surface area contributed by atoms with Crippen LogP contribution in [0.25, 0.3) is 0 Å². The highest BCUT2D eigenvalue weighted by molar-refractivity contribution is 5.85. The zero-order chi connectivity index (χ0) is 8.23. The van der Waals surface area contributed by atoms with E-state index >= 15 is 0 Å². The Hall–Kier alpha value is -0.870. The summed E-state index contributed by atoms with van der Waals surface area (Å²) in [6.45, 7) is 2.12. The second-order valence-corrected chi connectivity index (χ2v) is 2.92. The Kier molecular flexibility index (Phi) is 3.92. The summed E-state index contributed by atoms with van der Waals surface area (Å²) >= 11 is 0. The number of nitrogens with one attached hydrogen (secondary N) is 2. The van der Waals surface area contributed by atoms with Crippen LogP contribution in [-0.4, -0.2) is 29.1 Å². The van der Waals surface area contributed by atoms with Crippen molar-refractivity contribution in [2.45, 2.75) is 12.5 Å². The molecule has 1 aromatic heterocycles. The zero-order valence-electron chi connectivity index (χ0n) is 7.23. The van der Waals surface area contributed by atoms with Gasteiger partial charge in [0.1, 0.15) is 5.82 Å². The van der Waals surface area contributed by atoms with Crippen LogP contribution in [0.4, 0.5) is 5.82 Å². The van der Waals surface area contributed by atoms with Crippen LogP contribution in [0.2, 0.25) is 0 Å². The second-order valence-electron chi connectivity index (χ2n) is 2.92. The lowest BCUT2D eigenvalue weighted by Crippen LogP contribution is -2.22. The average Bonchev–Trinajstić information content (AvgIpc) is 2.59. The number of halogens is 1. The first-order chi connectivity index (χ1) is 5.95. The Balaban J connectivity index is 0.000000845.